The first kappa shape index (κ1) is 17.5. The minimum absolute atomic E-state index is 0.00292. The van der Waals surface area contributed by atoms with E-state index in [-0.39, 0.29) is 13.0 Å². The molecule has 2 unspecified atom stereocenters. The number of amides is 2. The summed E-state index contributed by atoms with van der Waals surface area (Å²) in [5.74, 6) is -2.20. The van der Waals surface area contributed by atoms with E-state index in [4.69, 9.17) is 10.2 Å². The third-order valence-electron chi connectivity index (χ3n) is 2.58. The maximum absolute atomic E-state index is 12.6. The molecule has 0 spiro atoms. The Morgan fingerprint density at radius 1 is 1.37 bits per heavy atom. The first-order valence-corrected chi connectivity index (χ1v) is 5.43. The van der Waals surface area contributed by atoms with Crippen molar-refractivity contribution < 1.29 is 33.0 Å². The molecule has 0 aromatic rings. The van der Waals surface area contributed by atoms with E-state index in [0.29, 0.717) is 6.92 Å². The first-order valence-electron chi connectivity index (χ1n) is 5.43. The number of aliphatic carboxylic acids is 1. The van der Waals surface area contributed by atoms with Gasteiger partial charge in [-0.15, -0.1) is 0 Å². The van der Waals surface area contributed by atoms with Crippen LogP contribution >= 0.6 is 0 Å². The fourth-order valence-electron chi connectivity index (χ4n) is 1.04. The van der Waals surface area contributed by atoms with Crippen molar-refractivity contribution >= 4 is 12.0 Å². The molecule has 0 fully saturated rings. The van der Waals surface area contributed by atoms with Gasteiger partial charge in [0.25, 0.3) is 0 Å². The molecule has 0 aromatic heterocycles. The van der Waals surface area contributed by atoms with Gasteiger partial charge < -0.3 is 20.4 Å². The van der Waals surface area contributed by atoms with Gasteiger partial charge >= 0.3 is 18.2 Å². The molecular weight excluding hydrogens is 269 g/mol. The standard InChI is InChI=1S/C10H17F3N2O4/c1-6(16)4-5-15(3)8(19)14-9(2,7(17)18)10(11,12)13/h6,16H,4-5H2,1-3H3,(H,14,19)(H,17,18). The lowest BCUT2D eigenvalue weighted by Gasteiger charge is -2.30. The smallest absolute Gasteiger partial charge is 0.422 e. The number of alkyl halides is 3. The summed E-state index contributed by atoms with van der Waals surface area (Å²) in [6, 6.07) is -1.18. The zero-order valence-corrected chi connectivity index (χ0v) is 10.8. The SMILES string of the molecule is CC(O)CCN(C)C(=O)NC(C)(C(=O)O)C(F)(F)F. The van der Waals surface area contributed by atoms with Crippen LogP contribution in [0.15, 0.2) is 0 Å². The number of carboxylic acid groups (broad SMARTS) is 1. The molecule has 0 saturated heterocycles. The fourth-order valence-corrected chi connectivity index (χ4v) is 1.04. The van der Waals surface area contributed by atoms with E-state index in [1.165, 1.54) is 19.3 Å². The van der Waals surface area contributed by atoms with Crippen LogP contribution in [-0.2, 0) is 4.79 Å². The number of carbonyl (C=O) groups is 2. The van der Waals surface area contributed by atoms with Crippen molar-refractivity contribution in [2.24, 2.45) is 0 Å². The lowest BCUT2D eigenvalue weighted by molar-refractivity contribution is -0.203. The summed E-state index contributed by atoms with van der Waals surface area (Å²) in [6.45, 7) is 1.83. The molecule has 0 heterocycles. The zero-order chi connectivity index (χ0) is 15.4. The van der Waals surface area contributed by atoms with Crippen LogP contribution in [0.4, 0.5) is 18.0 Å². The number of aliphatic hydroxyl groups is 1. The fraction of sp³-hybridized carbons (Fsp3) is 0.800. The Kier molecular flexibility index (Phi) is 5.61. The Morgan fingerprint density at radius 3 is 2.16 bits per heavy atom. The number of halogens is 3. The van der Waals surface area contributed by atoms with E-state index in [9.17, 15) is 22.8 Å². The van der Waals surface area contributed by atoms with Crippen molar-refractivity contribution in [3.05, 3.63) is 0 Å². The van der Waals surface area contributed by atoms with Crippen molar-refractivity contribution in [3.8, 4) is 0 Å². The number of nitrogens with zero attached hydrogens (tertiary/aromatic N) is 1. The number of hydrogen-bond acceptors (Lipinski definition) is 3. The summed E-state index contributed by atoms with van der Waals surface area (Å²) in [4.78, 5) is 23.1. The van der Waals surface area contributed by atoms with Crippen LogP contribution in [-0.4, -0.2) is 58.5 Å². The predicted molar refractivity (Wildman–Crippen MR) is 59.6 cm³/mol. The first-order chi connectivity index (χ1) is 8.41. The number of rotatable bonds is 5. The van der Waals surface area contributed by atoms with E-state index >= 15 is 0 Å². The van der Waals surface area contributed by atoms with E-state index in [0.717, 1.165) is 4.90 Å². The molecule has 0 aliphatic rings. The number of carbonyl (C=O) groups excluding carboxylic acids is 1. The van der Waals surface area contributed by atoms with Crippen LogP contribution in [0.5, 0.6) is 0 Å². The summed E-state index contributed by atoms with van der Waals surface area (Å²) in [7, 11) is 1.20. The second-order valence-corrected chi connectivity index (χ2v) is 4.42. The van der Waals surface area contributed by atoms with Gasteiger partial charge in [-0.1, -0.05) is 0 Å². The maximum Gasteiger partial charge on any atom is 0.422 e. The van der Waals surface area contributed by atoms with Crippen LogP contribution in [0.1, 0.15) is 20.3 Å². The lowest BCUT2D eigenvalue weighted by Crippen LogP contribution is -2.63. The molecule has 112 valence electrons. The summed E-state index contributed by atoms with van der Waals surface area (Å²) in [6.07, 6.45) is -5.68. The van der Waals surface area contributed by atoms with Crippen LogP contribution in [0.25, 0.3) is 0 Å². The molecule has 19 heavy (non-hydrogen) atoms. The lowest BCUT2D eigenvalue weighted by atomic mass is 10.0. The number of hydrogen-bond donors (Lipinski definition) is 3. The van der Waals surface area contributed by atoms with Crippen molar-refractivity contribution in [1.82, 2.24) is 10.2 Å². The molecule has 0 aliphatic heterocycles. The molecular formula is C10H17F3N2O4. The second kappa shape index (κ2) is 6.09. The van der Waals surface area contributed by atoms with Crippen molar-refractivity contribution in [3.63, 3.8) is 0 Å². The highest BCUT2D eigenvalue weighted by Gasteiger charge is 2.58. The molecule has 2 atom stereocenters. The maximum atomic E-state index is 12.6. The number of urea groups is 1. The Balaban J connectivity index is 4.80. The average molecular weight is 286 g/mol. The van der Waals surface area contributed by atoms with Crippen LogP contribution in [0, 0.1) is 0 Å². The number of nitrogens with one attached hydrogen (secondary N) is 1. The minimum Gasteiger partial charge on any atom is -0.479 e. The van der Waals surface area contributed by atoms with Gasteiger partial charge in [0.05, 0.1) is 6.10 Å². The molecule has 2 amide bonds. The summed E-state index contributed by atoms with van der Waals surface area (Å²) < 4.78 is 37.9. The third kappa shape index (κ3) is 4.58. The van der Waals surface area contributed by atoms with Crippen LogP contribution in [0.2, 0.25) is 0 Å². The molecule has 9 heteroatoms. The van der Waals surface area contributed by atoms with E-state index < -0.39 is 29.8 Å². The molecule has 3 N–H and O–H groups in total. The minimum atomic E-state index is -5.13. The molecule has 6 nitrogen and oxygen atoms in total. The Morgan fingerprint density at radius 2 is 1.84 bits per heavy atom. The summed E-state index contributed by atoms with van der Waals surface area (Å²) >= 11 is 0. The highest BCUT2D eigenvalue weighted by molar-refractivity contribution is 5.86. The van der Waals surface area contributed by atoms with Crippen molar-refractivity contribution in [1.29, 1.82) is 0 Å². The van der Waals surface area contributed by atoms with Gasteiger partial charge in [0.1, 0.15) is 0 Å². The second-order valence-electron chi connectivity index (χ2n) is 4.42. The monoisotopic (exact) mass is 286 g/mol. The van der Waals surface area contributed by atoms with Gasteiger partial charge in [-0.2, -0.15) is 13.2 Å². The third-order valence-corrected chi connectivity index (χ3v) is 2.58. The largest absolute Gasteiger partial charge is 0.479 e. The molecule has 0 rings (SSSR count). The highest BCUT2D eigenvalue weighted by Crippen LogP contribution is 2.30. The molecule has 0 bridgehead atoms. The number of aliphatic hydroxyl groups excluding tert-OH is 1. The van der Waals surface area contributed by atoms with Gasteiger partial charge in [-0.25, -0.2) is 9.59 Å². The Labute approximate surface area is 108 Å². The van der Waals surface area contributed by atoms with E-state index in [2.05, 4.69) is 0 Å². The Hall–Kier alpha value is -1.51. The van der Waals surface area contributed by atoms with E-state index in [1.807, 2.05) is 0 Å². The van der Waals surface area contributed by atoms with Gasteiger partial charge in [-0.05, 0) is 20.3 Å². The molecule has 0 aromatic carbocycles. The van der Waals surface area contributed by atoms with Gasteiger partial charge in [-0.3, -0.25) is 0 Å². The zero-order valence-electron chi connectivity index (χ0n) is 10.8. The van der Waals surface area contributed by atoms with Gasteiger partial charge in [0.2, 0.25) is 5.54 Å². The Bertz CT molecular complexity index is 346. The van der Waals surface area contributed by atoms with Gasteiger partial charge in [0, 0.05) is 13.6 Å². The normalized spacial score (nSPS) is 16.4. The van der Waals surface area contributed by atoms with Crippen LogP contribution < -0.4 is 5.32 Å². The predicted octanol–water partition coefficient (Wildman–Crippen LogP) is 0.804. The highest BCUT2D eigenvalue weighted by atomic mass is 19.4. The van der Waals surface area contributed by atoms with E-state index in [1.54, 1.807) is 0 Å². The van der Waals surface area contributed by atoms with Crippen molar-refractivity contribution in [2.45, 2.75) is 38.1 Å². The topological polar surface area (TPSA) is 89.9 Å². The summed E-state index contributed by atoms with van der Waals surface area (Å²) in [5, 5.41) is 19.1. The quantitative estimate of drug-likeness (QED) is 0.697. The number of carboxylic acids is 1. The van der Waals surface area contributed by atoms with Crippen molar-refractivity contribution in [2.75, 3.05) is 13.6 Å². The van der Waals surface area contributed by atoms with Crippen LogP contribution in [0.3, 0.4) is 0 Å². The average Bonchev–Trinajstić information content (AvgIpc) is 2.23. The molecule has 0 radical (unpaired) electrons. The van der Waals surface area contributed by atoms with Gasteiger partial charge in [0.15, 0.2) is 0 Å². The molecule has 0 aliphatic carbocycles. The molecule has 0 saturated carbocycles. The summed E-state index contributed by atoms with van der Waals surface area (Å²) in [5.41, 5.74) is -3.36.